The SMILES string of the molecule is Cc1ccc2nc(/C=C/c3cccc(Cl)c3Cl)ccc2c1. The van der Waals surface area contributed by atoms with E-state index in [1.54, 1.807) is 6.07 Å². The molecule has 0 bridgehead atoms. The van der Waals surface area contributed by atoms with Crippen LogP contribution in [-0.2, 0) is 0 Å². The average Bonchev–Trinajstić information content (AvgIpc) is 2.49. The van der Waals surface area contributed by atoms with E-state index in [-0.39, 0.29) is 0 Å². The molecule has 0 atom stereocenters. The summed E-state index contributed by atoms with van der Waals surface area (Å²) in [6.07, 6.45) is 3.87. The molecule has 0 spiro atoms. The fraction of sp³-hybridized carbons (Fsp3) is 0.0556. The maximum Gasteiger partial charge on any atom is 0.0709 e. The van der Waals surface area contributed by atoms with Gasteiger partial charge in [0.25, 0.3) is 0 Å². The van der Waals surface area contributed by atoms with Gasteiger partial charge in [0.1, 0.15) is 0 Å². The maximum atomic E-state index is 6.17. The van der Waals surface area contributed by atoms with E-state index >= 15 is 0 Å². The van der Waals surface area contributed by atoms with Crippen molar-refractivity contribution >= 4 is 46.3 Å². The molecule has 0 saturated carbocycles. The third kappa shape index (κ3) is 3.10. The second kappa shape index (κ2) is 5.88. The van der Waals surface area contributed by atoms with Crippen molar-refractivity contribution in [1.82, 2.24) is 4.98 Å². The molecular weight excluding hydrogens is 301 g/mol. The molecular formula is C18H13Cl2N. The summed E-state index contributed by atoms with van der Waals surface area (Å²) in [5, 5.41) is 2.26. The van der Waals surface area contributed by atoms with Crippen molar-refractivity contribution in [3.05, 3.63) is 75.4 Å². The average molecular weight is 314 g/mol. The first kappa shape index (κ1) is 14.1. The summed E-state index contributed by atoms with van der Waals surface area (Å²) in [5.41, 5.74) is 4.00. The summed E-state index contributed by atoms with van der Waals surface area (Å²) >= 11 is 12.2. The fourth-order valence-electron chi connectivity index (χ4n) is 2.18. The van der Waals surface area contributed by atoms with Gasteiger partial charge >= 0.3 is 0 Å². The lowest BCUT2D eigenvalue weighted by Gasteiger charge is -2.02. The van der Waals surface area contributed by atoms with E-state index in [0.29, 0.717) is 10.0 Å². The molecule has 3 rings (SSSR count). The predicted molar refractivity (Wildman–Crippen MR) is 91.9 cm³/mol. The molecule has 0 fully saturated rings. The molecule has 1 nitrogen and oxygen atoms in total. The minimum atomic E-state index is 0.556. The van der Waals surface area contributed by atoms with Crippen LogP contribution in [0, 0.1) is 6.92 Å². The van der Waals surface area contributed by atoms with Crippen molar-refractivity contribution in [2.24, 2.45) is 0 Å². The second-order valence-electron chi connectivity index (χ2n) is 4.91. The standard InChI is InChI=1S/C18H13Cl2N/c1-12-5-10-17-14(11-12)7-9-15(21-17)8-6-13-3-2-4-16(19)18(13)20/h2-11H,1H3/b8-6+. The molecule has 0 amide bonds. The summed E-state index contributed by atoms with van der Waals surface area (Å²) < 4.78 is 0. The van der Waals surface area contributed by atoms with E-state index in [1.807, 2.05) is 36.4 Å². The van der Waals surface area contributed by atoms with Gasteiger partial charge in [-0.25, -0.2) is 4.98 Å². The van der Waals surface area contributed by atoms with Crippen molar-refractivity contribution in [3.8, 4) is 0 Å². The number of benzene rings is 2. The topological polar surface area (TPSA) is 12.9 Å². The van der Waals surface area contributed by atoms with Crippen molar-refractivity contribution in [1.29, 1.82) is 0 Å². The monoisotopic (exact) mass is 313 g/mol. The highest BCUT2D eigenvalue weighted by atomic mass is 35.5. The Balaban J connectivity index is 1.96. The van der Waals surface area contributed by atoms with E-state index in [4.69, 9.17) is 23.2 Å². The molecule has 21 heavy (non-hydrogen) atoms. The molecule has 104 valence electrons. The predicted octanol–water partition coefficient (Wildman–Crippen LogP) is 6.02. The summed E-state index contributed by atoms with van der Waals surface area (Å²) in [4.78, 5) is 4.62. The number of hydrogen-bond donors (Lipinski definition) is 0. The van der Waals surface area contributed by atoms with Gasteiger partial charge < -0.3 is 0 Å². The van der Waals surface area contributed by atoms with Gasteiger partial charge in [-0.3, -0.25) is 0 Å². The highest BCUT2D eigenvalue weighted by Gasteiger charge is 2.01. The molecule has 0 aliphatic carbocycles. The number of fused-ring (bicyclic) bond motifs is 1. The summed E-state index contributed by atoms with van der Waals surface area (Å²) in [5.74, 6) is 0. The van der Waals surface area contributed by atoms with Gasteiger partial charge in [-0.2, -0.15) is 0 Å². The van der Waals surface area contributed by atoms with Crippen LogP contribution < -0.4 is 0 Å². The van der Waals surface area contributed by atoms with E-state index < -0.39 is 0 Å². The Morgan fingerprint density at radius 1 is 0.952 bits per heavy atom. The number of nitrogens with zero attached hydrogens (tertiary/aromatic N) is 1. The Bertz CT molecular complexity index is 838. The molecule has 0 unspecified atom stereocenters. The van der Waals surface area contributed by atoms with Gasteiger partial charge in [0, 0.05) is 5.39 Å². The van der Waals surface area contributed by atoms with E-state index in [1.165, 1.54) is 5.56 Å². The van der Waals surface area contributed by atoms with E-state index in [0.717, 1.165) is 22.2 Å². The van der Waals surface area contributed by atoms with Gasteiger partial charge in [-0.05, 0) is 42.8 Å². The highest BCUT2D eigenvalue weighted by Crippen LogP contribution is 2.27. The normalized spacial score (nSPS) is 11.4. The number of halogens is 2. The van der Waals surface area contributed by atoms with E-state index in [9.17, 15) is 0 Å². The lowest BCUT2D eigenvalue weighted by molar-refractivity contribution is 1.36. The van der Waals surface area contributed by atoms with Crippen LogP contribution in [0.3, 0.4) is 0 Å². The summed E-state index contributed by atoms with van der Waals surface area (Å²) in [7, 11) is 0. The van der Waals surface area contributed by atoms with Gasteiger partial charge in [0.05, 0.1) is 21.3 Å². The molecule has 3 heteroatoms. The smallest absolute Gasteiger partial charge is 0.0709 e. The zero-order valence-corrected chi connectivity index (χ0v) is 13.0. The Labute approximate surface area is 133 Å². The minimum absolute atomic E-state index is 0.556. The Morgan fingerprint density at radius 2 is 1.81 bits per heavy atom. The van der Waals surface area contributed by atoms with Crippen LogP contribution >= 0.6 is 23.2 Å². The summed E-state index contributed by atoms with van der Waals surface area (Å²) in [6.45, 7) is 2.08. The first-order valence-electron chi connectivity index (χ1n) is 6.63. The van der Waals surface area contributed by atoms with Gasteiger partial charge in [-0.15, -0.1) is 0 Å². The number of hydrogen-bond acceptors (Lipinski definition) is 1. The first-order chi connectivity index (χ1) is 10.1. The van der Waals surface area contributed by atoms with E-state index in [2.05, 4.69) is 30.1 Å². The lowest BCUT2D eigenvalue weighted by Crippen LogP contribution is -1.84. The van der Waals surface area contributed by atoms with Crippen LogP contribution in [0.15, 0.2) is 48.5 Å². The van der Waals surface area contributed by atoms with Crippen molar-refractivity contribution in [2.45, 2.75) is 6.92 Å². The molecule has 0 aliphatic heterocycles. The second-order valence-corrected chi connectivity index (χ2v) is 5.69. The zero-order chi connectivity index (χ0) is 14.8. The molecule has 0 radical (unpaired) electrons. The van der Waals surface area contributed by atoms with Crippen LogP contribution in [0.2, 0.25) is 10.0 Å². The van der Waals surface area contributed by atoms with Crippen molar-refractivity contribution in [3.63, 3.8) is 0 Å². The number of rotatable bonds is 2. The molecule has 0 N–H and O–H groups in total. The van der Waals surface area contributed by atoms with Gasteiger partial charge in [0.15, 0.2) is 0 Å². The highest BCUT2D eigenvalue weighted by molar-refractivity contribution is 6.42. The first-order valence-corrected chi connectivity index (χ1v) is 7.38. The lowest BCUT2D eigenvalue weighted by atomic mass is 10.1. The molecule has 1 aromatic heterocycles. The number of aryl methyl sites for hydroxylation is 1. The quantitative estimate of drug-likeness (QED) is 0.563. The third-order valence-electron chi connectivity index (χ3n) is 3.28. The van der Waals surface area contributed by atoms with Crippen LogP contribution in [0.25, 0.3) is 23.1 Å². The molecule has 1 heterocycles. The Kier molecular flexibility index (Phi) is 3.96. The number of aromatic nitrogens is 1. The zero-order valence-electron chi connectivity index (χ0n) is 11.5. The van der Waals surface area contributed by atoms with Crippen LogP contribution in [0.1, 0.15) is 16.8 Å². The number of pyridine rings is 1. The molecule has 0 saturated heterocycles. The van der Waals surface area contributed by atoms with Gasteiger partial charge in [0.2, 0.25) is 0 Å². The maximum absolute atomic E-state index is 6.17. The molecule has 0 aliphatic rings. The van der Waals surface area contributed by atoms with Crippen LogP contribution in [0.4, 0.5) is 0 Å². The largest absolute Gasteiger partial charge is 0.248 e. The van der Waals surface area contributed by atoms with Crippen LogP contribution in [-0.4, -0.2) is 4.98 Å². The molecule has 3 aromatic rings. The van der Waals surface area contributed by atoms with Crippen molar-refractivity contribution < 1.29 is 0 Å². The summed E-state index contributed by atoms with van der Waals surface area (Å²) in [6, 6.07) is 15.9. The van der Waals surface area contributed by atoms with Crippen molar-refractivity contribution in [2.75, 3.05) is 0 Å². The minimum Gasteiger partial charge on any atom is -0.248 e. The van der Waals surface area contributed by atoms with Gasteiger partial charge in [-0.1, -0.05) is 59.1 Å². The van der Waals surface area contributed by atoms with Crippen LogP contribution in [0.5, 0.6) is 0 Å². The third-order valence-corrected chi connectivity index (χ3v) is 4.11. The Hall–Kier alpha value is -1.83. The molecule has 2 aromatic carbocycles. The Morgan fingerprint density at radius 3 is 2.67 bits per heavy atom. The fourth-order valence-corrected chi connectivity index (χ4v) is 2.55.